The van der Waals surface area contributed by atoms with Crippen LogP contribution in [0.2, 0.25) is 0 Å². The van der Waals surface area contributed by atoms with Crippen molar-refractivity contribution >= 4 is 39.3 Å². The second-order valence-corrected chi connectivity index (χ2v) is 9.42. The molecule has 0 atom stereocenters. The number of rotatable bonds is 5. The summed E-state index contributed by atoms with van der Waals surface area (Å²) >= 11 is 0. The van der Waals surface area contributed by atoms with Gasteiger partial charge in [-0.2, -0.15) is 9.97 Å². The Balaban J connectivity index is 1.75. The smallest absolute Gasteiger partial charge is 0.229 e. The average molecular weight is 416 g/mol. The van der Waals surface area contributed by atoms with Crippen LogP contribution in [0, 0.1) is 5.41 Å². The van der Waals surface area contributed by atoms with Gasteiger partial charge in [0.05, 0.1) is 17.1 Å². The number of hydrogen-bond donors (Lipinski definition) is 3. The first-order valence-electron chi connectivity index (χ1n) is 9.71. The van der Waals surface area contributed by atoms with E-state index >= 15 is 0 Å². The molecule has 0 bridgehead atoms. The minimum atomic E-state index is -3.01. The molecule has 0 radical (unpaired) electrons. The normalized spacial score (nSPS) is 19.0. The summed E-state index contributed by atoms with van der Waals surface area (Å²) in [5.41, 5.74) is 1.43. The van der Waals surface area contributed by atoms with Crippen LogP contribution < -0.4 is 20.4 Å². The van der Waals surface area contributed by atoms with Gasteiger partial charge in [0.1, 0.15) is 11.6 Å². The lowest BCUT2D eigenvalue weighted by molar-refractivity contribution is 0.578. The first-order chi connectivity index (χ1) is 14.1. The SMILES string of the molecule is N=Cc1c(Nc2ccccc2)nc(N2CCNCC2)nc1N1CCS(=O)(=O)CC1. The van der Waals surface area contributed by atoms with E-state index in [4.69, 9.17) is 15.4 Å². The van der Waals surface area contributed by atoms with Gasteiger partial charge in [0, 0.05) is 51.2 Å². The minimum absolute atomic E-state index is 0.0961. The van der Waals surface area contributed by atoms with Crippen LogP contribution in [0.15, 0.2) is 30.3 Å². The molecule has 10 heteroatoms. The van der Waals surface area contributed by atoms with Crippen molar-refractivity contribution in [1.82, 2.24) is 15.3 Å². The van der Waals surface area contributed by atoms with Gasteiger partial charge >= 0.3 is 0 Å². The van der Waals surface area contributed by atoms with Crippen LogP contribution in [0.4, 0.5) is 23.3 Å². The second-order valence-electron chi connectivity index (χ2n) is 7.12. The molecule has 2 aliphatic rings. The molecule has 2 fully saturated rings. The summed E-state index contributed by atoms with van der Waals surface area (Å²) in [4.78, 5) is 13.6. The molecule has 1 aromatic carbocycles. The molecule has 0 spiro atoms. The number of hydrogen-bond acceptors (Lipinski definition) is 9. The summed E-state index contributed by atoms with van der Waals surface area (Å²) < 4.78 is 23.7. The third-order valence-electron chi connectivity index (χ3n) is 5.14. The van der Waals surface area contributed by atoms with Gasteiger partial charge in [0.2, 0.25) is 5.95 Å². The van der Waals surface area contributed by atoms with Gasteiger partial charge < -0.3 is 25.8 Å². The molecule has 0 aliphatic carbocycles. The van der Waals surface area contributed by atoms with E-state index in [0.29, 0.717) is 36.2 Å². The molecule has 9 nitrogen and oxygen atoms in total. The summed E-state index contributed by atoms with van der Waals surface area (Å²) in [6, 6.07) is 9.68. The number of para-hydroxylation sites is 1. The van der Waals surface area contributed by atoms with Crippen LogP contribution in [-0.2, 0) is 9.84 Å². The zero-order valence-corrected chi connectivity index (χ0v) is 17.0. The Morgan fingerprint density at radius 1 is 1.00 bits per heavy atom. The van der Waals surface area contributed by atoms with E-state index in [0.717, 1.165) is 31.9 Å². The molecule has 3 N–H and O–H groups in total. The third-order valence-corrected chi connectivity index (χ3v) is 6.75. The van der Waals surface area contributed by atoms with Gasteiger partial charge in [-0.3, -0.25) is 0 Å². The predicted molar refractivity (Wildman–Crippen MR) is 116 cm³/mol. The van der Waals surface area contributed by atoms with Crippen molar-refractivity contribution in [3.63, 3.8) is 0 Å². The molecule has 29 heavy (non-hydrogen) atoms. The maximum Gasteiger partial charge on any atom is 0.229 e. The van der Waals surface area contributed by atoms with Crippen LogP contribution in [0.3, 0.4) is 0 Å². The standard InChI is InChI=1S/C19H25N7O2S/c20-14-16-17(22-15-4-2-1-3-5-15)23-19(26-8-6-21-7-9-26)24-18(16)25-10-12-29(27,28)13-11-25/h1-5,14,20-21H,6-13H2,(H,22,23,24). The maximum absolute atomic E-state index is 11.9. The summed E-state index contributed by atoms with van der Waals surface area (Å²) in [6.07, 6.45) is 1.24. The van der Waals surface area contributed by atoms with Crippen LogP contribution in [0.25, 0.3) is 0 Å². The zero-order valence-electron chi connectivity index (χ0n) is 16.1. The van der Waals surface area contributed by atoms with E-state index in [9.17, 15) is 8.42 Å². The van der Waals surface area contributed by atoms with Gasteiger partial charge in [-0.1, -0.05) is 18.2 Å². The highest BCUT2D eigenvalue weighted by atomic mass is 32.2. The molecule has 1 aromatic heterocycles. The molecular weight excluding hydrogens is 390 g/mol. The first-order valence-corrected chi connectivity index (χ1v) is 11.5. The van der Waals surface area contributed by atoms with E-state index in [1.165, 1.54) is 6.21 Å². The summed E-state index contributed by atoms with van der Waals surface area (Å²) in [5.74, 6) is 1.95. The number of aromatic nitrogens is 2. The number of anilines is 4. The molecule has 4 rings (SSSR count). The van der Waals surface area contributed by atoms with Crippen molar-refractivity contribution in [2.24, 2.45) is 0 Å². The molecule has 2 aliphatic heterocycles. The van der Waals surface area contributed by atoms with E-state index < -0.39 is 9.84 Å². The topological polar surface area (TPSA) is 114 Å². The number of sulfone groups is 1. The molecule has 0 saturated carbocycles. The fourth-order valence-electron chi connectivity index (χ4n) is 3.50. The third kappa shape index (κ3) is 4.48. The molecule has 2 aromatic rings. The number of nitrogens with one attached hydrogen (secondary N) is 3. The lowest BCUT2D eigenvalue weighted by Crippen LogP contribution is -2.45. The summed E-state index contributed by atoms with van der Waals surface area (Å²) in [6.45, 7) is 4.03. The Kier molecular flexibility index (Phi) is 5.63. The Bertz CT molecular complexity index is 962. The van der Waals surface area contributed by atoms with E-state index in [2.05, 4.69) is 15.5 Å². The van der Waals surface area contributed by atoms with Crippen molar-refractivity contribution in [1.29, 1.82) is 5.41 Å². The van der Waals surface area contributed by atoms with Crippen molar-refractivity contribution in [3.05, 3.63) is 35.9 Å². The number of piperazine rings is 1. The fraction of sp³-hybridized carbons (Fsp3) is 0.421. The highest BCUT2D eigenvalue weighted by molar-refractivity contribution is 7.91. The van der Waals surface area contributed by atoms with E-state index in [1.807, 2.05) is 35.2 Å². The Morgan fingerprint density at radius 2 is 1.69 bits per heavy atom. The van der Waals surface area contributed by atoms with Gasteiger partial charge in [-0.15, -0.1) is 0 Å². The molecule has 2 saturated heterocycles. The Morgan fingerprint density at radius 3 is 2.34 bits per heavy atom. The Labute approximate surface area is 170 Å². The van der Waals surface area contributed by atoms with Crippen molar-refractivity contribution in [2.45, 2.75) is 0 Å². The highest BCUT2D eigenvalue weighted by Gasteiger charge is 2.27. The van der Waals surface area contributed by atoms with E-state index in [1.54, 1.807) is 0 Å². The van der Waals surface area contributed by atoms with Crippen molar-refractivity contribution in [3.8, 4) is 0 Å². The summed E-state index contributed by atoms with van der Waals surface area (Å²) in [5, 5.41) is 14.6. The molecule has 0 amide bonds. The van der Waals surface area contributed by atoms with Crippen LogP contribution in [0.5, 0.6) is 0 Å². The minimum Gasteiger partial charge on any atom is -0.354 e. The van der Waals surface area contributed by atoms with Gasteiger partial charge in [0.25, 0.3) is 0 Å². The average Bonchev–Trinajstić information content (AvgIpc) is 2.74. The van der Waals surface area contributed by atoms with Crippen molar-refractivity contribution in [2.75, 3.05) is 65.9 Å². The van der Waals surface area contributed by atoms with Crippen LogP contribution >= 0.6 is 0 Å². The maximum atomic E-state index is 11.9. The fourth-order valence-corrected chi connectivity index (χ4v) is 4.71. The summed E-state index contributed by atoms with van der Waals surface area (Å²) in [7, 11) is -3.01. The lowest BCUT2D eigenvalue weighted by Gasteiger charge is -2.32. The van der Waals surface area contributed by atoms with Crippen LogP contribution in [-0.4, -0.2) is 75.4 Å². The lowest BCUT2D eigenvalue weighted by atomic mass is 10.2. The van der Waals surface area contributed by atoms with Gasteiger partial charge in [-0.05, 0) is 12.1 Å². The highest BCUT2D eigenvalue weighted by Crippen LogP contribution is 2.29. The largest absolute Gasteiger partial charge is 0.354 e. The zero-order chi connectivity index (χ0) is 20.3. The van der Waals surface area contributed by atoms with Crippen molar-refractivity contribution < 1.29 is 8.42 Å². The number of benzene rings is 1. The van der Waals surface area contributed by atoms with Gasteiger partial charge in [-0.25, -0.2) is 8.42 Å². The predicted octanol–water partition coefficient (Wildman–Crippen LogP) is 0.862. The molecule has 0 unspecified atom stereocenters. The first kappa shape index (κ1) is 19.6. The van der Waals surface area contributed by atoms with Gasteiger partial charge in [0.15, 0.2) is 9.84 Å². The molecular formula is C19H25N7O2S. The molecule has 3 heterocycles. The quantitative estimate of drug-likeness (QED) is 0.616. The Hall–Kier alpha value is -2.72. The second kappa shape index (κ2) is 8.34. The van der Waals surface area contributed by atoms with E-state index in [-0.39, 0.29) is 11.5 Å². The van der Waals surface area contributed by atoms with Crippen LogP contribution in [0.1, 0.15) is 5.56 Å². The number of nitrogens with zero attached hydrogens (tertiary/aromatic N) is 4. The molecule has 154 valence electrons. The monoisotopic (exact) mass is 415 g/mol.